The van der Waals surface area contributed by atoms with Gasteiger partial charge >= 0.3 is 11.9 Å². The van der Waals surface area contributed by atoms with Crippen LogP contribution >= 0.6 is 56.7 Å². The number of cyclic esters (lactones) is 2. The summed E-state index contributed by atoms with van der Waals surface area (Å²) in [6, 6.07) is 20.9. The fraction of sp³-hybridized carbons (Fsp3) is 0.0667. The van der Waals surface area contributed by atoms with Crippen molar-refractivity contribution in [3.63, 3.8) is 0 Å². The Bertz CT molecular complexity index is 1880. The van der Waals surface area contributed by atoms with Crippen molar-refractivity contribution in [3.8, 4) is 29.3 Å². The summed E-state index contributed by atoms with van der Waals surface area (Å²) in [4.78, 5) is 36.7. The van der Waals surface area contributed by atoms with Crippen molar-refractivity contribution in [2.24, 2.45) is 0 Å². The lowest BCUT2D eigenvalue weighted by Gasteiger charge is -1.98. The third kappa shape index (κ3) is 4.60. The number of hydrogen-bond acceptors (Lipinski definition) is 9. The summed E-state index contributed by atoms with van der Waals surface area (Å²) in [6.45, 7) is 4.12. The monoisotopic (exact) mass is 602 g/mol. The number of thiophene rings is 5. The summed E-state index contributed by atoms with van der Waals surface area (Å²) in [5.41, 5.74) is 0.449. The minimum atomic E-state index is -0.542. The molecule has 192 valence electrons. The summed E-state index contributed by atoms with van der Waals surface area (Å²) in [5, 5.41) is 0. The summed E-state index contributed by atoms with van der Waals surface area (Å²) in [6.07, 6.45) is 3.28. The van der Waals surface area contributed by atoms with Gasteiger partial charge in [0, 0.05) is 39.0 Å². The minimum absolute atomic E-state index is 0.223. The second kappa shape index (κ2) is 9.69. The van der Waals surface area contributed by atoms with Gasteiger partial charge in [-0.25, -0.2) is 9.59 Å². The highest BCUT2D eigenvalue weighted by molar-refractivity contribution is 7.28. The van der Waals surface area contributed by atoms with Gasteiger partial charge in [-0.2, -0.15) is 0 Å². The fourth-order valence-corrected chi connectivity index (χ4v) is 9.24. The molecule has 0 aliphatic carbocycles. The molecule has 2 aliphatic heterocycles. The SMILES string of the molecule is Cc1ccc(C2=C/C(=C3/C=C(c4ccc(-c5ccc(-c6ccc(-c7ccc(C)s7)s6)s5)s4)OC3=O)C(=O)O2)s1. The van der Waals surface area contributed by atoms with E-state index in [0.29, 0.717) is 11.5 Å². The molecule has 5 aromatic rings. The van der Waals surface area contributed by atoms with E-state index in [2.05, 4.69) is 43.3 Å². The molecule has 9 heteroatoms. The zero-order valence-corrected chi connectivity index (χ0v) is 24.7. The first kappa shape index (κ1) is 24.7. The van der Waals surface area contributed by atoms with Crippen LogP contribution in [-0.4, -0.2) is 11.9 Å². The van der Waals surface area contributed by atoms with Gasteiger partial charge in [-0.15, -0.1) is 56.7 Å². The maximum atomic E-state index is 12.7. The number of esters is 2. The van der Waals surface area contributed by atoms with Gasteiger partial charge in [0.2, 0.25) is 0 Å². The van der Waals surface area contributed by atoms with Crippen molar-refractivity contribution < 1.29 is 19.1 Å². The van der Waals surface area contributed by atoms with Crippen molar-refractivity contribution in [1.82, 2.24) is 0 Å². The van der Waals surface area contributed by atoms with Crippen molar-refractivity contribution in [3.05, 3.63) is 103 Å². The van der Waals surface area contributed by atoms with Crippen molar-refractivity contribution in [2.45, 2.75) is 13.8 Å². The Morgan fingerprint density at radius 1 is 0.436 bits per heavy atom. The highest BCUT2D eigenvalue weighted by Gasteiger charge is 2.33. The van der Waals surface area contributed by atoms with Gasteiger partial charge in [0.05, 0.1) is 20.9 Å². The molecule has 2 aliphatic rings. The molecule has 4 nitrogen and oxygen atoms in total. The summed E-state index contributed by atoms with van der Waals surface area (Å²) < 4.78 is 11.0. The van der Waals surface area contributed by atoms with E-state index < -0.39 is 11.9 Å². The molecule has 0 fully saturated rings. The molecular weight excluding hydrogens is 585 g/mol. The lowest BCUT2D eigenvalue weighted by molar-refractivity contribution is -0.133. The average Bonchev–Trinajstić information content (AvgIpc) is 3.74. The van der Waals surface area contributed by atoms with Gasteiger partial charge in [-0.1, -0.05) is 0 Å². The van der Waals surface area contributed by atoms with Crippen LogP contribution in [0.1, 0.15) is 19.5 Å². The molecule has 0 amide bonds. The predicted octanol–water partition coefficient (Wildman–Crippen LogP) is 9.40. The van der Waals surface area contributed by atoms with Gasteiger partial charge in [-0.3, -0.25) is 0 Å². The van der Waals surface area contributed by atoms with E-state index in [-0.39, 0.29) is 11.1 Å². The summed E-state index contributed by atoms with van der Waals surface area (Å²) in [7, 11) is 0. The van der Waals surface area contributed by atoms with E-state index in [9.17, 15) is 9.59 Å². The maximum Gasteiger partial charge on any atom is 0.344 e. The van der Waals surface area contributed by atoms with Crippen LogP contribution in [0.4, 0.5) is 0 Å². The van der Waals surface area contributed by atoms with Gasteiger partial charge in [0.1, 0.15) is 11.5 Å². The molecule has 5 aromatic heterocycles. The standard InChI is InChI=1S/C30H18O4S5/c1-15-3-5-21(35-15)19-13-17(29(31)33-19)18-14-20(34-30(18)32)22-7-8-25(37-22)26-11-12-28(39-26)27-10-9-24(38-27)23-6-4-16(2)36-23/h3-14H,1-2H3/b18-17+. The van der Waals surface area contributed by atoms with E-state index in [1.807, 2.05) is 53.9 Å². The Labute approximate surface area is 244 Å². The second-order valence-electron chi connectivity index (χ2n) is 8.94. The fourth-order valence-electron chi connectivity index (χ4n) is 4.31. The zero-order valence-electron chi connectivity index (χ0n) is 20.6. The maximum absolute atomic E-state index is 12.7. The van der Waals surface area contributed by atoms with Crippen LogP contribution in [0, 0.1) is 13.8 Å². The number of hydrogen-bond donors (Lipinski definition) is 0. The van der Waals surface area contributed by atoms with Crippen LogP contribution in [-0.2, 0) is 19.1 Å². The van der Waals surface area contributed by atoms with Crippen LogP contribution in [0.5, 0.6) is 0 Å². The Morgan fingerprint density at radius 3 is 1.15 bits per heavy atom. The molecular formula is C30H18O4S5. The number of ether oxygens (including phenoxy) is 2. The molecule has 0 saturated carbocycles. The smallest absolute Gasteiger partial charge is 0.344 e. The largest absolute Gasteiger partial charge is 0.421 e. The molecule has 0 radical (unpaired) electrons. The molecule has 0 atom stereocenters. The van der Waals surface area contributed by atoms with E-state index >= 15 is 0 Å². The van der Waals surface area contributed by atoms with Crippen LogP contribution in [0.25, 0.3) is 40.8 Å². The quantitative estimate of drug-likeness (QED) is 0.149. The van der Waals surface area contributed by atoms with Gasteiger partial charge in [0.15, 0.2) is 0 Å². The summed E-state index contributed by atoms with van der Waals surface area (Å²) in [5.74, 6) is -0.166. The number of aryl methyl sites for hydroxylation is 2. The Hall–Kier alpha value is -3.34. The Balaban J connectivity index is 1.14. The Morgan fingerprint density at radius 2 is 0.744 bits per heavy atom. The average molecular weight is 603 g/mol. The molecule has 0 unspecified atom stereocenters. The molecule has 0 bridgehead atoms. The van der Waals surface area contributed by atoms with Gasteiger partial charge in [0.25, 0.3) is 0 Å². The molecule has 0 N–H and O–H groups in total. The zero-order chi connectivity index (χ0) is 26.7. The van der Waals surface area contributed by atoms with E-state index in [1.54, 1.807) is 34.8 Å². The van der Waals surface area contributed by atoms with Crippen molar-refractivity contribution >= 4 is 80.1 Å². The number of carbonyl (C=O) groups excluding carboxylic acids is 2. The van der Waals surface area contributed by atoms with Crippen LogP contribution in [0.3, 0.4) is 0 Å². The van der Waals surface area contributed by atoms with E-state index in [1.165, 1.54) is 35.7 Å². The topological polar surface area (TPSA) is 52.6 Å². The third-order valence-electron chi connectivity index (χ3n) is 6.20. The highest BCUT2D eigenvalue weighted by atomic mass is 32.1. The lowest BCUT2D eigenvalue weighted by Crippen LogP contribution is -2.05. The lowest BCUT2D eigenvalue weighted by atomic mass is 10.1. The minimum Gasteiger partial charge on any atom is -0.421 e. The predicted molar refractivity (Wildman–Crippen MR) is 163 cm³/mol. The highest BCUT2D eigenvalue weighted by Crippen LogP contribution is 2.44. The van der Waals surface area contributed by atoms with Crippen LogP contribution < -0.4 is 0 Å². The van der Waals surface area contributed by atoms with Crippen LogP contribution in [0.15, 0.2) is 84.0 Å². The summed E-state index contributed by atoms with van der Waals surface area (Å²) >= 11 is 8.47. The molecule has 7 rings (SSSR count). The first-order valence-electron chi connectivity index (χ1n) is 12.0. The van der Waals surface area contributed by atoms with Gasteiger partial charge < -0.3 is 9.47 Å². The van der Waals surface area contributed by atoms with Crippen LogP contribution in [0.2, 0.25) is 0 Å². The molecule has 7 heterocycles. The first-order valence-corrected chi connectivity index (χ1v) is 16.1. The van der Waals surface area contributed by atoms with Gasteiger partial charge in [-0.05, 0) is 86.7 Å². The third-order valence-corrected chi connectivity index (χ3v) is 12.1. The molecule has 0 spiro atoms. The van der Waals surface area contributed by atoms with E-state index in [4.69, 9.17) is 9.47 Å². The number of rotatable bonds is 5. The molecule has 39 heavy (non-hydrogen) atoms. The van der Waals surface area contributed by atoms with Crippen molar-refractivity contribution in [2.75, 3.05) is 0 Å². The second-order valence-corrected chi connectivity index (χ2v) is 14.8. The first-order chi connectivity index (χ1) is 18.9. The number of carbonyl (C=O) groups is 2. The van der Waals surface area contributed by atoms with Crippen molar-refractivity contribution in [1.29, 1.82) is 0 Å². The molecule has 0 saturated heterocycles. The normalized spacial score (nSPS) is 17.0. The molecule has 0 aromatic carbocycles. The Kier molecular flexibility index (Phi) is 6.13. The van der Waals surface area contributed by atoms with E-state index in [0.717, 1.165) is 24.4 Å².